The lowest BCUT2D eigenvalue weighted by molar-refractivity contribution is 0.725. The van der Waals surface area contributed by atoms with Gasteiger partial charge < -0.3 is 0 Å². The molecule has 1 saturated carbocycles. The monoisotopic (exact) mass is 171 g/mol. The molecule has 0 aromatic heterocycles. The Labute approximate surface area is 73.2 Å². The van der Waals surface area contributed by atoms with Gasteiger partial charge in [-0.15, -0.1) is 0 Å². The maximum absolute atomic E-state index is 5.57. The largest absolute Gasteiger partial charge is 0.246 e. The molecule has 0 N–H and O–H groups in total. The van der Waals surface area contributed by atoms with Gasteiger partial charge in [-0.05, 0) is 25.7 Å². The molecule has 0 atom stereocenters. The number of hydrogen-bond donors (Lipinski definition) is 0. The van der Waals surface area contributed by atoms with Crippen LogP contribution in [0, 0.1) is 5.92 Å². The van der Waals surface area contributed by atoms with Crippen molar-refractivity contribution in [1.82, 2.24) is 0 Å². The Hall–Kier alpha value is -0.300. The molecule has 2 heteroatoms. The van der Waals surface area contributed by atoms with Gasteiger partial charge in [0.15, 0.2) is 0 Å². The van der Waals surface area contributed by atoms with Crippen molar-refractivity contribution in [2.45, 2.75) is 32.6 Å². The first-order chi connectivity index (χ1) is 5.20. The third-order valence-corrected chi connectivity index (χ3v) is 2.33. The van der Waals surface area contributed by atoms with E-state index in [1.54, 1.807) is 0 Å². The molecule has 1 nitrogen and oxygen atoms in total. The molecule has 0 saturated heterocycles. The predicted octanol–water partition coefficient (Wildman–Crippen LogP) is 3.35. The Morgan fingerprint density at radius 1 is 1.45 bits per heavy atom. The summed E-state index contributed by atoms with van der Waals surface area (Å²) >= 11 is 5.57. The standard InChI is InChI=1S/C9H14ClN/c1-7(11-8(2)10)9-5-3-4-6-9/h9H,2-6H2,1H3/b11-7-. The zero-order valence-electron chi connectivity index (χ0n) is 6.94. The molecule has 0 aliphatic heterocycles. The van der Waals surface area contributed by atoms with Gasteiger partial charge in [0.05, 0.1) is 0 Å². The second kappa shape index (κ2) is 3.91. The zero-order valence-corrected chi connectivity index (χ0v) is 7.69. The van der Waals surface area contributed by atoms with Gasteiger partial charge in [0.1, 0.15) is 5.16 Å². The second-order valence-electron chi connectivity index (χ2n) is 3.11. The van der Waals surface area contributed by atoms with E-state index in [2.05, 4.69) is 11.6 Å². The van der Waals surface area contributed by atoms with Crippen LogP contribution in [0.15, 0.2) is 16.7 Å². The van der Waals surface area contributed by atoms with Crippen molar-refractivity contribution < 1.29 is 0 Å². The summed E-state index contributed by atoms with van der Waals surface area (Å²) in [4.78, 5) is 4.15. The fourth-order valence-corrected chi connectivity index (χ4v) is 1.76. The molecule has 1 aliphatic rings. The minimum absolute atomic E-state index is 0.411. The van der Waals surface area contributed by atoms with Crippen LogP contribution in [0.5, 0.6) is 0 Å². The first-order valence-corrected chi connectivity index (χ1v) is 4.47. The smallest absolute Gasteiger partial charge is 0.121 e. The average molecular weight is 172 g/mol. The van der Waals surface area contributed by atoms with E-state index < -0.39 is 0 Å². The number of hydrogen-bond acceptors (Lipinski definition) is 1. The Bertz CT molecular complexity index is 178. The van der Waals surface area contributed by atoms with E-state index >= 15 is 0 Å². The molecule has 0 aromatic rings. The Morgan fingerprint density at radius 3 is 2.45 bits per heavy atom. The van der Waals surface area contributed by atoms with Crippen LogP contribution in [-0.2, 0) is 0 Å². The first kappa shape index (κ1) is 8.79. The Balaban J connectivity index is 2.51. The van der Waals surface area contributed by atoms with Crippen LogP contribution in [0.4, 0.5) is 0 Å². The van der Waals surface area contributed by atoms with Crippen molar-refractivity contribution in [3.05, 3.63) is 11.7 Å². The molecule has 0 heterocycles. The molecule has 1 rings (SSSR count). The quantitative estimate of drug-likeness (QED) is 0.447. The summed E-state index contributed by atoms with van der Waals surface area (Å²) in [5.74, 6) is 0.672. The van der Waals surface area contributed by atoms with Gasteiger partial charge in [0.2, 0.25) is 0 Å². The highest BCUT2D eigenvalue weighted by atomic mass is 35.5. The lowest BCUT2D eigenvalue weighted by Crippen LogP contribution is -2.05. The van der Waals surface area contributed by atoms with Crippen LogP contribution in [0.1, 0.15) is 32.6 Å². The van der Waals surface area contributed by atoms with Crippen LogP contribution < -0.4 is 0 Å². The summed E-state index contributed by atoms with van der Waals surface area (Å²) < 4.78 is 0. The van der Waals surface area contributed by atoms with Crippen molar-refractivity contribution in [2.24, 2.45) is 10.9 Å². The minimum Gasteiger partial charge on any atom is -0.246 e. The topological polar surface area (TPSA) is 12.4 Å². The summed E-state index contributed by atoms with van der Waals surface area (Å²) in [5.41, 5.74) is 1.16. The van der Waals surface area contributed by atoms with Crippen LogP contribution in [-0.4, -0.2) is 5.71 Å². The van der Waals surface area contributed by atoms with Crippen LogP contribution >= 0.6 is 11.6 Å². The van der Waals surface area contributed by atoms with E-state index in [-0.39, 0.29) is 0 Å². The molecular formula is C9H14ClN. The number of halogens is 1. The third-order valence-electron chi connectivity index (χ3n) is 2.24. The van der Waals surface area contributed by atoms with E-state index in [0.717, 1.165) is 5.71 Å². The normalized spacial score (nSPS) is 20.7. The molecule has 0 spiro atoms. The second-order valence-corrected chi connectivity index (χ2v) is 3.55. The molecule has 1 aliphatic carbocycles. The van der Waals surface area contributed by atoms with Gasteiger partial charge >= 0.3 is 0 Å². The van der Waals surface area contributed by atoms with E-state index in [4.69, 9.17) is 11.6 Å². The molecule has 1 fully saturated rings. The Kier molecular flexibility index (Phi) is 3.13. The highest BCUT2D eigenvalue weighted by molar-refractivity contribution is 6.29. The fraction of sp³-hybridized carbons (Fsp3) is 0.667. The van der Waals surface area contributed by atoms with E-state index in [1.165, 1.54) is 25.7 Å². The molecule has 0 bridgehead atoms. The molecule has 11 heavy (non-hydrogen) atoms. The van der Waals surface area contributed by atoms with Crippen LogP contribution in [0.2, 0.25) is 0 Å². The highest BCUT2D eigenvalue weighted by Crippen LogP contribution is 2.26. The number of nitrogens with zero attached hydrogens (tertiary/aromatic N) is 1. The first-order valence-electron chi connectivity index (χ1n) is 4.09. The van der Waals surface area contributed by atoms with Gasteiger partial charge in [-0.1, -0.05) is 31.0 Å². The van der Waals surface area contributed by atoms with Crippen LogP contribution in [0.25, 0.3) is 0 Å². The average Bonchev–Trinajstić information content (AvgIpc) is 2.35. The molecular weight excluding hydrogens is 158 g/mol. The van der Waals surface area contributed by atoms with Gasteiger partial charge in [0, 0.05) is 5.71 Å². The van der Waals surface area contributed by atoms with Crippen molar-refractivity contribution >= 4 is 17.3 Å². The SMILES string of the molecule is C=C(Cl)/N=C(/C)C1CCCC1. The van der Waals surface area contributed by atoms with Gasteiger partial charge in [0.25, 0.3) is 0 Å². The van der Waals surface area contributed by atoms with E-state index in [1.807, 2.05) is 6.92 Å². The number of rotatable bonds is 2. The molecule has 0 aromatic carbocycles. The molecule has 0 radical (unpaired) electrons. The van der Waals surface area contributed by atoms with E-state index in [0.29, 0.717) is 11.1 Å². The third kappa shape index (κ3) is 2.66. The van der Waals surface area contributed by atoms with Crippen LogP contribution in [0.3, 0.4) is 0 Å². The van der Waals surface area contributed by atoms with Crippen molar-refractivity contribution in [1.29, 1.82) is 0 Å². The van der Waals surface area contributed by atoms with E-state index in [9.17, 15) is 0 Å². The maximum Gasteiger partial charge on any atom is 0.121 e. The van der Waals surface area contributed by atoms with Gasteiger partial charge in [-0.25, -0.2) is 4.99 Å². The highest BCUT2D eigenvalue weighted by Gasteiger charge is 2.17. The molecule has 62 valence electrons. The fourth-order valence-electron chi connectivity index (χ4n) is 1.63. The lowest BCUT2D eigenvalue weighted by Gasteiger charge is -2.06. The summed E-state index contributed by atoms with van der Waals surface area (Å²) in [5, 5.41) is 0.411. The number of aliphatic imine (C=N–C) groups is 1. The molecule has 0 amide bonds. The van der Waals surface area contributed by atoms with Gasteiger partial charge in [-0.2, -0.15) is 0 Å². The Morgan fingerprint density at radius 2 is 2.00 bits per heavy atom. The lowest BCUT2D eigenvalue weighted by atomic mass is 10.0. The minimum atomic E-state index is 0.411. The summed E-state index contributed by atoms with van der Waals surface area (Å²) in [7, 11) is 0. The predicted molar refractivity (Wildman–Crippen MR) is 50.1 cm³/mol. The molecule has 0 unspecified atom stereocenters. The van der Waals surface area contributed by atoms with Crippen molar-refractivity contribution in [3.8, 4) is 0 Å². The van der Waals surface area contributed by atoms with Crippen molar-refractivity contribution in [2.75, 3.05) is 0 Å². The summed E-state index contributed by atoms with van der Waals surface area (Å²) in [6.45, 7) is 5.59. The summed E-state index contributed by atoms with van der Waals surface area (Å²) in [6.07, 6.45) is 5.23. The van der Waals surface area contributed by atoms with Gasteiger partial charge in [-0.3, -0.25) is 0 Å². The van der Waals surface area contributed by atoms with Crippen molar-refractivity contribution in [3.63, 3.8) is 0 Å². The maximum atomic E-state index is 5.57. The summed E-state index contributed by atoms with van der Waals surface area (Å²) in [6, 6.07) is 0. The zero-order chi connectivity index (χ0) is 8.27.